The second-order valence-corrected chi connectivity index (χ2v) is 5.61. The molecule has 0 radical (unpaired) electrons. The molecule has 0 saturated heterocycles. The minimum Gasteiger partial charge on any atom is -0.497 e. The molecular weight excluding hydrogens is 290 g/mol. The number of carbonyl (C=O) groups excluding carboxylic acids is 1. The van der Waals surface area contributed by atoms with Gasteiger partial charge in [-0.3, -0.25) is 0 Å². The summed E-state index contributed by atoms with van der Waals surface area (Å²) in [7, 11) is 1.66. The molecule has 4 nitrogen and oxygen atoms in total. The molecule has 1 aliphatic carbocycles. The predicted octanol–water partition coefficient (Wildman–Crippen LogP) is 3.12. The van der Waals surface area contributed by atoms with Crippen molar-refractivity contribution < 1.29 is 14.3 Å². The Kier molecular flexibility index (Phi) is 4.51. The van der Waals surface area contributed by atoms with Gasteiger partial charge in [-0.1, -0.05) is 24.3 Å². The van der Waals surface area contributed by atoms with E-state index in [2.05, 4.69) is 11.4 Å². The largest absolute Gasteiger partial charge is 0.497 e. The summed E-state index contributed by atoms with van der Waals surface area (Å²) in [6, 6.07) is 7.96. The van der Waals surface area contributed by atoms with Gasteiger partial charge in [0.25, 0.3) is 0 Å². The first-order valence-electron chi connectivity index (χ1n) is 7.89. The zero-order chi connectivity index (χ0) is 16.2. The molecule has 1 unspecified atom stereocenters. The van der Waals surface area contributed by atoms with Crippen LogP contribution in [-0.4, -0.2) is 19.7 Å². The Balaban J connectivity index is 1.89. The lowest BCUT2D eigenvalue weighted by molar-refractivity contribution is -0.138. The number of esters is 1. The highest BCUT2D eigenvalue weighted by molar-refractivity contribution is 5.90. The first-order chi connectivity index (χ1) is 11.2. The highest BCUT2D eigenvalue weighted by Crippen LogP contribution is 2.36. The van der Waals surface area contributed by atoms with Gasteiger partial charge in [-0.15, -0.1) is 0 Å². The van der Waals surface area contributed by atoms with E-state index in [9.17, 15) is 4.79 Å². The summed E-state index contributed by atoms with van der Waals surface area (Å²) in [5, 5.41) is 3.26. The summed E-state index contributed by atoms with van der Waals surface area (Å²) in [6.45, 7) is 2.20. The van der Waals surface area contributed by atoms with Gasteiger partial charge in [0.2, 0.25) is 0 Å². The summed E-state index contributed by atoms with van der Waals surface area (Å²) >= 11 is 0. The van der Waals surface area contributed by atoms with E-state index in [0.29, 0.717) is 12.3 Å². The van der Waals surface area contributed by atoms with Gasteiger partial charge in [0, 0.05) is 11.6 Å². The number of ether oxygens (including phenoxy) is 2. The molecule has 4 heteroatoms. The van der Waals surface area contributed by atoms with Crippen molar-refractivity contribution in [3.8, 4) is 5.75 Å². The molecule has 0 aromatic heterocycles. The molecule has 1 heterocycles. The molecular formula is C19H21NO3. The van der Waals surface area contributed by atoms with E-state index in [4.69, 9.17) is 9.47 Å². The summed E-state index contributed by atoms with van der Waals surface area (Å²) < 4.78 is 10.4. The highest BCUT2D eigenvalue weighted by Gasteiger charge is 2.33. The van der Waals surface area contributed by atoms with E-state index < -0.39 is 0 Å². The number of methoxy groups -OCH3 is 1. The minimum absolute atomic E-state index is 0.238. The quantitative estimate of drug-likeness (QED) is 0.849. The van der Waals surface area contributed by atoms with Crippen LogP contribution in [0.4, 0.5) is 0 Å². The smallest absolute Gasteiger partial charge is 0.354 e. The van der Waals surface area contributed by atoms with Gasteiger partial charge in [0.15, 0.2) is 0 Å². The Morgan fingerprint density at radius 2 is 2.09 bits per heavy atom. The van der Waals surface area contributed by atoms with Crippen LogP contribution in [0.1, 0.15) is 18.9 Å². The summed E-state index contributed by atoms with van der Waals surface area (Å²) in [4.78, 5) is 12.3. The van der Waals surface area contributed by atoms with Crippen molar-refractivity contribution in [3.63, 3.8) is 0 Å². The zero-order valence-electron chi connectivity index (χ0n) is 13.5. The normalized spacial score (nSPS) is 19.0. The number of allylic oxidation sites excluding steroid dienone is 4. The second-order valence-electron chi connectivity index (χ2n) is 5.61. The second kappa shape index (κ2) is 6.73. The van der Waals surface area contributed by atoms with Crippen molar-refractivity contribution in [1.82, 2.24) is 5.32 Å². The van der Waals surface area contributed by atoms with E-state index >= 15 is 0 Å². The Morgan fingerprint density at radius 1 is 1.30 bits per heavy atom. The van der Waals surface area contributed by atoms with Crippen LogP contribution in [-0.2, 0) is 16.0 Å². The topological polar surface area (TPSA) is 47.6 Å². The van der Waals surface area contributed by atoms with Gasteiger partial charge in [0.05, 0.1) is 13.7 Å². The molecule has 2 aliphatic rings. The van der Waals surface area contributed by atoms with Gasteiger partial charge in [0.1, 0.15) is 11.4 Å². The van der Waals surface area contributed by atoms with Crippen LogP contribution in [0.25, 0.3) is 0 Å². The summed E-state index contributed by atoms with van der Waals surface area (Å²) in [6.07, 6.45) is 7.83. The Labute approximate surface area is 136 Å². The fourth-order valence-corrected chi connectivity index (χ4v) is 3.05. The number of carbonyl (C=O) groups is 1. The van der Waals surface area contributed by atoms with E-state index in [0.717, 1.165) is 35.4 Å². The Morgan fingerprint density at radius 3 is 2.78 bits per heavy atom. The van der Waals surface area contributed by atoms with E-state index in [1.807, 2.05) is 43.3 Å². The number of hydrogen-bond donors (Lipinski definition) is 1. The van der Waals surface area contributed by atoms with Crippen LogP contribution in [0.15, 0.2) is 59.5 Å². The third-order valence-electron chi connectivity index (χ3n) is 4.20. The van der Waals surface area contributed by atoms with Gasteiger partial charge in [-0.05, 0) is 49.1 Å². The molecule has 120 valence electrons. The number of fused-ring (bicyclic) bond motifs is 1. The maximum absolute atomic E-state index is 12.3. The van der Waals surface area contributed by atoms with Crippen molar-refractivity contribution in [3.05, 3.63) is 65.0 Å². The lowest BCUT2D eigenvalue weighted by atomic mass is 9.87. The average Bonchev–Trinajstić information content (AvgIpc) is 2.95. The first kappa shape index (κ1) is 15.4. The third-order valence-corrected chi connectivity index (χ3v) is 4.20. The predicted molar refractivity (Wildman–Crippen MR) is 88.8 cm³/mol. The Hall–Kier alpha value is -2.49. The summed E-state index contributed by atoms with van der Waals surface area (Å²) in [5.74, 6) is 0.798. The fraction of sp³-hybridized carbons (Fsp3) is 0.316. The van der Waals surface area contributed by atoms with Gasteiger partial charge >= 0.3 is 5.97 Å². The maximum Gasteiger partial charge on any atom is 0.354 e. The van der Waals surface area contributed by atoms with E-state index in [1.165, 1.54) is 0 Å². The van der Waals surface area contributed by atoms with Crippen molar-refractivity contribution in [2.45, 2.75) is 19.8 Å². The SMILES string of the molecule is CCOC(=O)C1=C(Cc2ccc(OC)cc2)C2CC=CC=C2N1. The van der Waals surface area contributed by atoms with Gasteiger partial charge in [-0.25, -0.2) is 4.79 Å². The number of rotatable bonds is 5. The van der Waals surface area contributed by atoms with Gasteiger partial charge in [-0.2, -0.15) is 0 Å². The highest BCUT2D eigenvalue weighted by atomic mass is 16.5. The number of benzene rings is 1. The number of nitrogens with one attached hydrogen (secondary N) is 1. The fourth-order valence-electron chi connectivity index (χ4n) is 3.05. The molecule has 1 aromatic rings. The van der Waals surface area contributed by atoms with Crippen LogP contribution in [0.5, 0.6) is 5.75 Å². The molecule has 0 spiro atoms. The van der Waals surface area contributed by atoms with E-state index in [1.54, 1.807) is 7.11 Å². The van der Waals surface area contributed by atoms with Gasteiger partial charge < -0.3 is 14.8 Å². The van der Waals surface area contributed by atoms with Crippen LogP contribution in [0, 0.1) is 5.92 Å². The van der Waals surface area contributed by atoms with Crippen molar-refractivity contribution >= 4 is 5.97 Å². The van der Waals surface area contributed by atoms with Crippen molar-refractivity contribution in [1.29, 1.82) is 0 Å². The molecule has 0 amide bonds. The summed E-state index contributed by atoms with van der Waals surface area (Å²) in [5.41, 5.74) is 3.94. The lowest BCUT2D eigenvalue weighted by Gasteiger charge is -2.16. The average molecular weight is 311 g/mol. The zero-order valence-corrected chi connectivity index (χ0v) is 13.5. The van der Waals surface area contributed by atoms with E-state index in [-0.39, 0.29) is 11.9 Å². The van der Waals surface area contributed by atoms with Crippen molar-refractivity contribution in [2.75, 3.05) is 13.7 Å². The van der Waals surface area contributed by atoms with Crippen LogP contribution in [0.3, 0.4) is 0 Å². The molecule has 0 bridgehead atoms. The Bertz CT molecular complexity index is 683. The molecule has 23 heavy (non-hydrogen) atoms. The van der Waals surface area contributed by atoms with Crippen LogP contribution >= 0.6 is 0 Å². The van der Waals surface area contributed by atoms with Crippen molar-refractivity contribution in [2.24, 2.45) is 5.92 Å². The molecule has 1 atom stereocenters. The third kappa shape index (κ3) is 3.16. The molecule has 1 aromatic carbocycles. The number of hydrogen-bond acceptors (Lipinski definition) is 4. The monoisotopic (exact) mass is 311 g/mol. The molecule has 1 N–H and O–H groups in total. The molecule has 0 fully saturated rings. The maximum atomic E-state index is 12.3. The molecule has 3 rings (SSSR count). The molecule has 1 aliphatic heterocycles. The standard InChI is InChI=1S/C19H21NO3/c1-3-23-19(21)18-16(15-6-4-5-7-17(15)20-18)12-13-8-10-14(22-2)11-9-13/h4-5,7-11,15,20H,3,6,12H2,1-2H3. The lowest BCUT2D eigenvalue weighted by Crippen LogP contribution is -2.19. The minimum atomic E-state index is -0.272. The molecule has 0 saturated carbocycles. The van der Waals surface area contributed by atoms with Crippen LogP contribution in [0.2, 0.25) is 0 Å². The van der Waals surface area contributed by atoms with Crippen LogP contribution < -0.4 is 10.1 Å². The first-order valence-corrected chi connectivity index (χ1v) is 7.89.